The Labute approximate surface area is 166 Å². The first kappa shape index (κ1) is 17.8. The number of hydrogen-bond acceptors (Lipinski definition) is 2. The smallest absolute Gasteiger partial charge is 0.249 e. The normalized spacial score (nSPS) is 34.6. The van der Waals surface area contributed by atoms with Crippen LogP contribution in [0.15, 0.2) is 18.2 Å². The van der Waals surface area contributed by atoms with Gasteiger partial charge in [-0.1, -0.05) is 19.1 Å². The number of carbonyl (C=O) groups excluding carboxylic acids is 2. The van der Waals surface area contributed by atoms with Crippen LogP contribution in [-0.2, 0) is 16.6 Å². The summed E-state index contributed by atoms with van der Waals surface area (Å²) in [4.78, 5) is 31.4. The number of carbonyl (C=O) groups is 2. The molecule has 28 heavy (non-hydrogen) atoms. The topological polar surface area (TPSA) is 45.6 Å². The lowest BCUT2D eigenvalue weighted by Crippen LogP contribution is -2.75. The van der Waals surface area contributed by atoms with Crippen molar-refractivity contribution < 1.29 is 9.59 Å². The van der Waals surface area contributed by atoms with E-state index in [9.17, 15) is 9.59 Å². The van der Waals surface area contributed by atoms with Gasteiger partial charge in [-0.15, -0.1) is 0 Å². The summed E-state index contributed by atoms with van der Waals surface area (Å²) < 4.78 is 2.24. The first-order chi connectivity index (χ1) is 13.1. The summed E-state index contributed by atoms with van der Waals surface area (Å²) in [5.41, 5.74) is 3.26. The van der Waals surface area contributed by atoms with Crippen LogP contribution >= 0.6 is 0 Å². The van der Waals surface area contributed by atoms with Gasteiger partial charge in [-0.25, -0.2) is 0 Å². The van der Waals surface area contributed by atoms with Gasteiger partial charge in [-0.05, 0) is 57.7 Å². The number of hydrogen-bond donors (Lipinski definition) is 0. The molecule has 3 aliphatic heterocycles. The van der Waals surface area contributed by atoms with Crippen molar-refractivity contribution in [1.29, 1.82) is 0 Å². The van der Waals surface area contributed by atoms with Crippen molar-refractivity contribution in [1.82, 2.24) is 14.4 Å². The predicted molar refractivity (Wildman–Crippen MR) is 109 cm³/mol. The van der Waals surface area contributed by atoms with Crippen LogP contribution in [0.4, 0.5) is 0 Å². The molecule has 0 N–H and O–H groups in total. The van der Waals surface area contributed by atoms with Gasteiger partial charge >= 0.3 is 0 Å². The van der Waals surface area contributed by atoms with Gasteiger partial charge in [0.25, 0.3) is 0 Å². The molecule has 2 saturated heterocycles. The fourth-order valence-electron chi connectivity index (χ4n) is 6.29. The molecule has 5 rings (SSSR count). The maximum Gasteiger partial charge on any atom is 0.249 e. The van der Waals surface area contributed by atoms with Crippen LogP contribution in [0.1, 0.15) is 69.3 Å². The Bertz CT molecular complexity index is 1050. The number of nitrogens with zero attached hydrogens (tertiary/aromatic N) is 3. The summed E-state index contributed by atoms with van der Waals surface area (Å²) in [5.74, 6) is 0.159. The Morgan fingerprint density at radius 3 is 2.54 bits per heavy atom. The standard InChI is InChI=1S/C23H29N3O2/c1-13-8-9-16-17(12-13)24(6)19-15(3)26-20(27)22(4)10-7-11-25(22)21(28)23(26,5)14(2)18(16)19/h8-9,12,14-15H,7,10-11H2,1-6H3/t14?,15-,22?,23?/m0/s1. The van der Waals surface area contributed by atoms with Crippen molar-refractivity contribution in [2.45, 2.75) is 70.5 Å². The van der Waals surface area contributed by atoms with Crippen molar-refractivity contribution >= 4 is 22.7 Å². The van der Waals surface area contributed by atoms with Gasteiger partial charge in [0.05, 0.1) is 6.04 Å². The Morgan fingerprint density at radius 2 is 1.82 bits per heavy atom. The Balaban J connectivity index is 1.81. The van der Waals surface area contributed by atoms with Gasteiger partial charge in [0.1, 0.15) is 11.1 Å². The van der Waals surface area contributed by atoms with E-state index in [4.69, 9.17) is 0 Å². The molecule has 0 bridgehead atoms. The third-order valence-electron chi connectivity index (χ3n) is 8.00. The second kappa shape index (κ2) is 5.19. The number of fused-ring (bicyclic) bond motifs is 5. The van der Waals surface area contributed by atoms with Crippen LogP contribution in [0.5, 0.6) is 0 Å². The summed E-state index contributed by atoms with van der Waals surface area (Å²) in [6.45, 7) is 11.0. The van der Waals surface area contributed by atoms with E-state index in [2.05, 4.69) is 50.6 Å². The van der Waals surface area contributed by atoms with Gasteiger partial charge in [-0.2, -0.15) is 0 Å². The van der Waals surface area contributed by atoms with E-state index >= 15 is 0 Å². The zero-order chi connectivity index (χ0) is 20.2. The molecule has 0 spiro atoms. The number of benzene rings is 1. The number of aryl methyl sites for hydroxylation is 2. The minimum Gasteiger partial charge on any atom is -0.346 e. The molecule has 1 aromatic heterocycles. The molecule has 2 fully saturated rings. The molecule has 5 heteroatoms. The molecule has 5 nitrogen and oxygen atoms in total. The first-order valence-electron chi connectivity index (χ1n) is 10.4. The number of rotatable bonds is 0. The molecule has 148 valence electrons. The zero-order valence-electron chi connectivity index (χ0n) is 17.7. The average Bonchev–Trinajstić information content (AvgIpc) is 3.18. The van der Waals surface area contributed by atoms with Crippen molar-refractivity contribution in [3.63, 3.8) is 0 Å². The van der Waals surface area contributed by atoms with E-state index in [-0.39, 0.29) is 23.8 Å². The van der Waals surface area contributed by atoms with E-state index < -0.39 is 11.1 Å². The van der Waals surface area contributed by atoms with Gasteiger partial charge in [0, 0.05) is 36.1 Å². The molecule has 4 heterocycles. The van der Waals surface area contributed by atoms with Crippen LogP contribution in [0.2, 0.25) is 0 Å². The monoisotopic (exact) mass is 379 g/mol. The van der Waals surface area contributed by atoms with Crippen molar-refractivity contribution in [3.8, 4) is 0 Å². The molecule has 1 aromatic carbocycles. The van der Waals surface area contributed by atoms with E-state index in [1.54, 1.807) is 0 Å². The maximum atomic E-state index is 13.8. The summed E-state index contributed by atoms with van der Waals surface area (Å²) in [5, 5.41) is 1.21. The number of aromatic nitrogens is 1. The molecular formula is C23H29N3O2. The summed E-state index contributed by atoms with van der Waals surface area (Å²) in [6, 6.07) is 6.39. The van der Waals surface area contributed by atoms with Crippen molar-refractivity contribution in [3.05, 3.63) is 35.0 Å². The van der Waals surface area contributed by atoms with E-state index in [0.29, 0.717) is 6.54 Å². The molecule has 2 amide bonds. The lowest BCUT2D eigenvalue weighted by atomic mass is 9.70. The SMILES string of the molecule is Cc1ccc2c3c(n(C)c2c1)[C@H](C)N1C(=O)C2(C)CCCN2C(=O)C1(C)C3C. The molecule has 3 aliphatic rings. The van der Waals surface area contributed by atoms with Crippen molar-refractivity contribution in [2.24, 2.45) is 7.05 Å². The fourth-order valence-corrected chi connectivity index (χ4v) is 6.29. The highest BCUT2D eigenvalue weighted by molar-refractivity contribution is 6.04. The lowest BCUT2D eigenvalue weighted by molar-refractivity contribution is -0.181. The molecule has 3 unspecified atom stereocenters. The minimum atomic E-state index is -0.841. The summed E-state index contributed by atoms with van der Waals surface area (Å²) >= 11 is 0. The second-order valence-electron chi connectivity index (χ2n) is 9.43. The average molecular weight is 380 g/mol. The van der Waals surface area contributed by atoms with E-state index in [1.165, 1.54) is 27.7 Å². The molecule has 0 saturated carbocycles. The minimum absolute atomic E-state index is 0.0632. The molecular weight excluding hydrogens is 350 g/mol. The highest BCUT2D eigenvalue weighted by Crippen LogP contribution is 2.54. The predicted octanol–water partition coefficient (Wildman–Crippen LogP) is 3.65. The van der Waals surface area contributed by atoms with Crippen LogP contribution in [0, 0.1) is 6.92 Å². The molecule has 0 radical (unpaired) electrons. The quantitative estimate of drug-likeness (QED) is 0.701. The van der Waals surface area contributed by atoms with E-state index in [1.807, 2.05) is 23.6 Å². The summed E-state index contributed by atoms with van der Waals surface area (Å²) in [7, 11) is 2.09. The molecule has 0 aliphatic carbocycles. The zero-order valence-corrected chi connectivity index (χ0v) is 17.7. The first-order valence-corrected chi connectivity index (χ1v) is 10.4. The second-order valence-corrected chi connectivity index (χ2v) is 9.43. The Hall–Kier alpha value is -2.30. The van der Waals surface area contributed by atoms with Crippen LogP contribution < -0.4 is 0 Å². The van der Waals surface area contributed by atoms with Gasteiger partial charge in [0.15, 0.2) is 0 Å². The maximum absolute atomic E-state index is 13.8. The number of piperazine rings is 1. The van der Waals surface area contributed by atoms with Gasteiger partial charge in [-0.3, -0.25) is 9.59 Å². The highest BCUT2D eigenvalue weighted by Gasteiger charge is 2.65. The van der Waals surface area contributed by atoms with Crippen LogP contribution in [0.25, 0.3) is 10.9 Å². The Morgan fingerprint density at radius 1 is 1.11 bits per heavy atom. The third kappa shape index (κ3) is 1.74. The van der Waals surface area contributed by atoms with Gasteiger partial charge in [0.2, 0.25) is 11.8 Å². The number of amides is 2. The Kier molecular flexibility index (Phi) is 3.30. The fraction of sp³-hybridized carbons (Fsp3) is 0.565. The lowest BCUT2D eigenvalue weighted by Gasteiger charge is -2.59. The van der Waals surface area contributed by atoms with Crippen LogP contribution in [-0.4, -0.2) is 43.8 Å². The van der Waals surface area contributed by atoms with E-state index in [0.717, 1.165) is 12.8 Å². The largest absolute Gasteiger partial charge is 0.346 e. The van der Waals surface area contributed by atoms with Gasteiger partial charge < -0.3 is 14.4 Å². The van der Waals surface area contributed by atoms with Crippen molar-refractivity contribution in [2.75, 3.05) is 6.54 Å². The highest BCUT2D eigenvalue weighted by atomic mass is 16.2. The molecule has 4 atom stereocenters. The van der Waals surface area contributed by atoms with Crippen LogP contribution in [0.3, 0.4) is 0 Å². The third-order valence-corrected chi connectivity index (χ3v) is 8.00. The summed E-state index contributed by atoms with van der Waals surface area (Å²) in [6.07, 6.45) is 1.65. The molecule has 2 aromatic rings.